The Morgan fingerprint density at radius 2 is 2.15 bits per heavy atom. The Morgan fingerprint density at radius 1 is 1.40 bits per heavy atom. The van der Waals surface area contributed by atoms with Crippen molar-refractivity contribution in [3.63, 3.8) is 0 Å². The Bertz CT molecular complexity index is 629. The van der Waals surface area contributed by atoms with Crippen LogP contribution in [0.25, 0.3) is 0 Å². The van der Waals surface area contributed by atoms with Crippen molar-refractivity contribution in [2.75, 3.05) is 12.4 Å². The standard InChI is InChI=1S/C13H15ClN4OS/c1-7-6-20-13(16-7)8(2)17-12(19)11-9(14)4-5-10(15-3)18-11/h4-6,8H,1-3H3,(H,15,18)(H,17,19). The minimum Gasteiger partial charge on any atom is -0.373 e. The zero-order valence-electron chi connectivity index (χ0n) is 11.4. The molecule has 0 aliphatic rings. The maximum absolute atomic E-state index is 12.2. The van der Waals surface area contributed by atoms with Gasteiger partial charge in [-0.1, -0.05) is 11.6 Å². The predicted molar refractivity (Wildman–Crippen MR) is 81.5 cm³/mol. The molecule has 1 atom stereocenters. The maximum atomic E-state index is 12.2. The number of carbonyl (C=O) groups is 1. The second kappa shape index (κ2) is 6.19. The van der Waals surface area contributed by atoms with E-state index in [1.807, 2.05) is 19.2 Å². The Balaban J connectivity index is 2.15. The number of aryl methyl sites for hydroxylation is 1. The lowest BCUT2D eigenvalue weighted by Crippen LogP contribution is -2.27. The molecular formula is C13H15ClN4OS. The molecule has 106 valence electrons. The number of halogens is 1. The molecule has 7 heteroatoms. The van der Waals surface area contributed by atoms with Gasteiger partial charge in [0.2, 0.25) is 0 Å². The topological polar surface area (TPSA) is 66.9 Å². The summed E-state index contributed by atoms with van der Waals surface area (Å²) >= 11 is 7.53. The van der Waals surface area contributed by atoms with Crippen molar-refractivity contribution in [1.29, 1.82) is 0 Å². The first kappa shape index (κ1) is 14.7. The molecule has 2 rings (SSSR count). The molecule has 0 aliphatic heterocycles. The number of thiazole rings is 1. The SMILES string of the molecule is CNc1ccc(Cl)c(C(=O)NC(C)c2nc(C)cs2)n1. The summed E-state index contributed by atoms with van der Waals surface area (Å²) in [7, 11) is 1.74. The fourth-order valence-electron chi connectivity index (χ4n) is 1.64. The average Bonchev–Trinajstić information content (AvgIpc) is 2.86. The quantitative estimate of drug-likeness (QED) is 0.911. The molecule has 5 nitrogen and oxygen atoms in total. The lowest BCUT2D eigenvalue weighted by atomic mass is 10.3. The Kier molecular flexibility index (Phi) is 4.57. The summed E-state index contributed by atoms with van der Waals surface area (Å²) < 4.78 is 0. The van der Waals surface area contributed by atoms with E-state index in [2.05, 4.69) is 20.6 Å². The van der Waals surface area contributed by atoms with Gasteiger partial charge < -0.3 is 10.6 Å². The van der Waals surface area contributed by atoms with Crippen LogP contribution in [0.3, 0.4) is 0 Å². The first-order valence-electron chi connectivity index (χ1n) is 6.08. The predicted octanol–water partition coefficient (Wildman–Crippen LogP) is 3.03. The number of carbonyl (C=O) groups excluding carboxylic acids is 1. The number of hydrogen-bond donors (Lipinski definition) is 2. The van der Waals surface area contributed by atoms with Crippen LogP contribution in [0.4, 0.5) is 5.82 Å². The highest BCUT2D eigenvalue weighted by Crippen LogP contribution is 2.20. The fourth-order valence-corrected chi connectivity index (χ4v) is 2.63. The molecule has 0 aliphatic carbocycles. The van der Waals surface area contributed by atoms with Crippen LogP contribution in [0.1, 0.15) is 34.2 Å². The molecule has 0 saturated carbocycles. The fraction of sp³-hybridized carbons (Fsp3) is 0.308. The van der Waals surface area contributed by atoms with Crippen LogP contribution < -0.4 is 10.6 Å². The normalized spacial score (nSPS) is 12.0. The third-order valence-corrected chi connectivity index (χ3v) is 4.12. The van der Waals surface area contributed by atoms with E-state index in [1.165, 1.54) is 11.3 Å². The second-order valence-corrected chi connectivity index (χ2v) is 5.60. The molecule has 0 fully saturated rings. The lowest BCUT2D eigenvalue weighted by Gasteiger charge is -2.12. The zero-order chi connectivity index (χ0) is 14.7. The molecule has 2 heterocycles. The molecule has 0 bridgehead atoms. The van der Waals surface area contributed by atoms with Gasteiger partial charge in [0.1, 0.15) is 16.5 Å². The maximum Gasteiger partial charge on any atom is 0.272 e. The summed E-state index contributed by atoms with van der Waals surface area (Å²) in [5.41, 5.74) is 1.15. The van der Waals surface area contributed by atoms with Gasteiger partial charge in [0.25, 0.3) is 5.91 Å². The summed E-state index contributed by atoms with van der Waals surface area (Å²) in [5.74, 6) is 0.282. The van der Waals surface area contributed by atoms with Crippen molar-refractivity contribution in [3.8, 4) is 0 Å². The summed E-state index contributed by atoms with van der Waals surface area (Å²) in [6.07, 6.45) is 0. The second-order valence-electron chi connectivity index (χ2n) is 4.30. The smallest absolute Gasteiger partial charge is 0.272 e. The van der Waals surface area contributed by atoms with Gasteiger partial charge in [-0.3, -0.25) is 4.79 Å². The number of hydrogen-bond acceptors (Lipinski definition) is 5. The molecule has 2 N–H and O–H groups in total. The number of aromatic nitrogens is 2. The lowest BCUT2D eigenvalue weighted by molar-refractivity contribution is 0.0935. The van der Waals surface area contributed by atoms with Crippen molar-refractivity contribution in [3.05, 3.63) is 38.9 Å². The van der Waals surface area contributed by atoms with Gasteiger partial charge in [-0.15, -0.1) is 11.3 Å². The number of nitrogens with zero attached hydrogens (tertiary/aromatic N) is 2. The third kappa shape index (κ3) is 3.26. The van der Waals surface area contributed by atoms with Gasteiger partial charge in [-0.05, 0) is 26.0 Å². The minimum absolute atomic E-state index is 0.183. The van der Waals surface area contributed by atoms with E-state index in [4.69, 9.17) is 11.6 Å². The number of rotatable bonds is 4. The number of anilines is 1. The van der Waals surface area contributed by atoms with Gasteiger partial charge in [0, 0.05) is 18.1 Å². The molecule has 2 aromatic heterocycles. The highest BCUT2D eigenvalue weighted by atomic mass is 35.5. The van der Waals surface area contributed by atoms with Crippen molar-refractivity contribution < 1.29 is 4.79 Å². The summed E-state index contributed by atoms with van der Waals surface area (Å²) in [4.78, 5) is 20.7. The van der Waals surface area contributed by atoms with Crippen molar-refractivity contribution in [2.24, 2.45) is 0 Å². The van der Waals surface area contributed by atoms with Crippen LogP contribution in [-0.4, -0.2) is 22.9 Å². The molecule has 1 unspecified atom stereocenters. The number of pyridine rings is 1. The van der Waals surface area contributed by atoms with Gasteiger partial charge in [0.05, 0.1) is 11.1 Å². The van der Waals surface area contributed by atoms with Gasteiger partial charge >= 0.3 is 0 Å². The van der Waals surface area contributed by atoms with E-state index in [9.17, 15) is 4.79 Å². The Labute approximate surface area is 126 Å². The van der Waals surface area contributed by atoms with E-state index in [0.29, 0.717) is 10.8 Å². The van der Waals surface area contributed by atoms with Crippen molar-refractivity contribution in [1.82, 2.24) is 15.3 Å². The van der Waals surface area contributed by atoms with Crippen molar-refractivity contribution >= 4 is 34.7 Å². The molecular weight excluding hydrogens is 296 g/mol. The highest BCUT2D eigenvalue weighted by Gasteiger charge is 2.17. The van der Waals surface area contributed by atoms with Gasteiger partial charge in [-0.2, -0.15) is 0 Å². The van der Waals surface area contributed by atoms with Crippen LogP contribution in [0, 0.1) is 6.92 Å². The van der Waals surface area contributed by atoms with Crippen LogP contribution >= 0.6 is 22.9 Å². The van der Waals surface area contributed by atoms with E-state index in [-0.39, 0.29) is 17.6 Å². The molecule has 0 radical (unpaired) electrons. The summed E-state index contributed by atoms with van der Waals surface area (Å²) in [6, 6.07) is 3.18. The molecule has 0 aromatic carbocycles. The largest absolute Gasteiger partial charge is 0.373 e. The van der Waals surface area contributed by atoms with E-state index in [1.54, 1.807) is 19.2 Å². The monoisotopic (exact) mass is 310 g/mol. The van der Waals surface area contributed by atoms with E-state index >= 15 is 0 Å². The highest BCUT2D eigenvalue weighted by molar-refractivity contribution is 7.09. The third-order valence-electron chi connectivity index (χ3n) is 2.67. The Morgan fingerprint density at radius 3 is 2.75 bits per heavy atom. The molecule has 0 spiro atoms. The van der Waals surface area contributed by atoms with Crippen LogP contribution in [0.5, 0.6) is 0 Å². The van der Waals surface area contributed by atoms with Crippen molar-refractivity contribution in [2.45, 2.75) is 19.9 Å². The number of nitrogens with one attached hydrogen (secondary N) is 2. The molecule has 1 amide bonds. The minimum atomic E-state index is -0.313. The molecule has 20 heavy (non-hydrogen) atoms. The first-order chi connectivity index (χ1) is 9.51. The molecule has 0 saturated heterocycles. The van der Waals surface area contributed by atoms with Crippen LogP contribution in [0.15, 0.2) is 17.5 Å². The summed E-state index contributed by atoms with van der Waals surface area (Å²) in [6.45, 7) is 3.80. The van der Waals surface area contributed by atoms with E-state index in [0.717, 1.165) is 10.7 Å². The average molecular weight is 311 g/mol. The van der Waals surface area contributed by atoms with E-state index < -0.39 is 0 Å². The Hall–Kier alpha value is -1.66. The van der Waals surface area contributed by atoms with Gasteiger partial charge in [0.15, 0.2) is 0 Å². The van der Waals surface area contributed by atoms with Crippen LogP contribution in [0.2, 0.25) is 5.02 Å². The molecule has 2 aromatic rings. The van der Waals surface area contributed by atoms with Crippen LogP contribution in [-0.2, 0) is 0 Å². The first-order valence-corrected chi connectivity index (χ1v) is 7.34. The zero-order valence-corrected chi connectivity index (χ0v) is 13.0. The summed E-state index contributed by atoms with van der Waals surface area (Å²) in [5, 5.41) is 8.86. The number of amides is 1. The van der Waals surface area contributed by atoms with Gasteiger partial charge in [-0.25, -0.2) is 9.97 Å².